The lowest BCUT2D eigenvalue weighted by molar-refractivity contribution is 0.0744. The van der Waals surface area contributed by atoms with Crippen molar-refractivity contribution in [1.82, 2.24) is 14.5 Å². The van der Waals surface area contributed by atoms with Crippen LogP contribution in [0.2, 0.25) is 5.02 Å². The Kier molecular flexibility index (Phi) is 12.7. The number of fused-ring (bicyclic) bond motifs is 3. The number of halogens is 1. The van der Waals surface area contributed by atoms with Crippen molar-refractivity contribution in [1.29, 1.82) is 0 Å². The van der Waals surface area contributed by atoms with Gasteiger partial charge < -0.3 is 14.4 Å². The molecule has 2 amide bonds. The molecule has 3 aromatic rings. The van der Waals surface area contributed by atoms with Crippen LogP contribution in [0.5, 0.6) is 5.75 Å². The third-order valence-electron chi connectivity index (χ3n) is 10.3. The van der Waals surface area contributed by atoms with Crippen LogP contribution in [0.15, 0.2) is 65.3 Å². The van der Waals surface area contributed by atoms with E-state index in [4.69, 9.17) is 21.1 Å². The van der Waals surface area contributed by atoms with E-state index in [2.05, 4.69) is 51.1 Å². The number of carbonyl (C=O) groups is 2. The Morgan fingerprint density at radius 3 is 2.73 bits per heavy atom. The Balaban J connectivity index is 0.00000248. The van der Waals surface area contributed by atoms with Gasteiger partial charge in [0.15, 0.2) is 0 Å². The Morgan fingerprint density at radius 1 is 1.18 bits per heavy atom. The van der Waals surface area contributed by atoms with Gasteiger partial charge in [0, 0.05) is 48.9 Å². The van der Waals surface area contributed by atoms with E-state index in [9.17, 15) is 13.8 Å². The third kappa shape index (κ3) is 8.69. The van der Waals surface area contributed by atoms with Gasteiger partial charge in [-0.3, -0.25) is 19.0 Å². The SMILES string of the molecule is CC.CCn1cc(C(=O)NS2(=O)=NC(=O)c3ccc4c(c3)N(C[C@H](C)[C@@H](C)[C@@H](OC)/C=C/CCC2)C[C@@]2(CCCc3cc(Cl)ccc32)CO4)cn1. The van der Waals surface area contributed by atoms with Crippen LogP contribution in [-0.2, 0) is 33.0 Å². The lowest BCUT2D eigenvalue weighted by Gasteiger charge is -2.42. The van der Waals surface area contributed by atoms with Gasteiger partial charge in [0.1, 0.15) is 15.7 Å². The first-order chi connectivity index (χ1) is 24.5. The molecule has 6 rings (SSSR count). The van der Waals surface area contributed by atoms with E-state index < -0.39 is 21.7 Å². The number of nitrogens with zero attached hydrogens (tertiary/aromatic N) is 4. The first-order valence-corrected chi connectivity index (χ1v) is 20.2. The molecular weight excluding hydrogens is 686 g/mol. The Morgan fingerprint density at radius 2 is 1.98 bits per heavy atom. The number of ether oxygens (including phenoxy) is 2. The van der Waals surface area contributed by atoms with Crippen molar-refractivity contribution < 1.29 is 23.3 Å². The Bertz CT molecular complexity index is 1870. The van der Waals surface area contributed by atoms with E-state index >= 15 is 0 Å². The predicted molar refractivity (Wildman–Crippen MR) is 204 cm³/mol. The van der Waals surface area contributed by atoms with Crippen LogP contribution in [-0.4, -0.2) is 64.5 Å². The molecule has 0 saturated carbocycles. The fourth-order valence-corrected chi connectivity index (χ4v) is 9.12. The highest BCUT2D eigenvalue weighted by Crippen LogP contribution is 2.45. The number of amides is 2. The van der Waals surface area contributed by atoms with Gasteiger partial charge in [-0.15, -0.1) is 4.36 Å². The van der Waals surface area contributed by atoms with Crippen LogP contribution >= 0.6 is 11.6 Å². The van der Waals surface area contributed by atoms with Gasteiger partial charge in [0.05, 0.1) is 35.9 Å². The van der Waals surface area contributed by atoms with E-state index in [-0.39, 0.29) is 40.2 Å². The van der Waals surface area contributed by atoms with Crippen molar-refractivity contribution in [2.24, 2.45) is 16.2 Å². The highest BCUT2D eigenvalue weighted by atomic mass is 35.5. The fraction of sp³-hybridized carbons (Fsp3) is 0.513. The Labute approximate surface area is 308 Å². The molecular formula is C39H52ClN5O5S. The Hall–Kier alpha value is -3.67. The molecule has 3 aliphatic rings. The second-order valence-corrected chi connectivity index (χ2v) is 16.2. The van der Waals surface area contributed by atoms with Crippen molar-refractivity contribution in [3.05, 3.63) is 88.2 Å². The number of benzene rings is 2. The minimum Gasteiger partial charge on any atom is -0.490 e. The van der Waals surface area contributed by atoms with Crippen LogP contribution in [0.4, 0.5) is 5.69 Å². The molecule has 5 atom stereocenters. The zero-order valence-electron chi connectivity index (χ0n) is 30.7. The average Bonchev–Trinajstić information content (AvgIpc) is 3.56. The molecule has 1 unspecified atom stereocenters. The van der Waals surface area contributed by atoms with Crippen molar-refractivity contribution >= 4 is 39.0 Å². The molecule has 2 aromatic carbocycles. The molecule has 1 spiro atoms. The standard InChI is InChI=1S/C37H46ClN5O5S.C2H6/c1-5-43-22-29(20-39-43)36(45)41-49(46)17-8-6-7-11-33(47-4)26(3)25(2)21-42-23-37(16-9-10-27-18-30(38)13-14-31(27)37)24-48-34-15-12-28(19-32(34)42)35(44)40-49;1-2/h7,11-15,18-20,22,25-26,33H,5-6,8-10,16-17,21,23-24H2,1-4H3,(H,40,41,44,45,46);1-2H3/b11-7+;/t25-,26+,33-,37-,49?;/m0./s1. The molecule has 276 valence electrons. The summed E-state index contributed by atoms with van der Waals surface area (Å²) in [4.78, 5) is 29.4. The minimum absolute atomic E-state index is 0.00641. The summed E-state index contributed by atoms with van der Waals surface area (Å²) in [7, 11) is -1.76. The summed E-state index contributed by atoms with van der Waals surface area (Å²) in [6.45, 7) is 12.8. The van der Waals surface area contributed by atoms with Gasteiger partial charge in [0.2, 0.25) is 0 Å². The fourth-order valence-electron chi connectivity index (χ4n) is 7.34. The molecule has 51 heavy (non-hydrogen) atoms. The van der Waals surface area contributed by atoms with Crippen LogP contribution in [0, 0.1) is 11.8 Å². The van der Waals surface area contributed by atoms with Gasteiger partial charge >= 0.3 is 0 Å². The monoisotopic (exact) mass is 737 g/mol. The van der Waals surface area contributed by atoms with Crippen LogP contribution < -0.4 is 14.4 Å². The van der Waals surface area contributed by atoms with Gasteiger partial charge in [-0.05, 0) is 92.3 Å². The largest absolute Gasteiger partial charge is 0.490 e. The van der Waals surface area contributed by atoms with E-state index in [1.807, 2.05) is 39.0 Å². The molecule has 0 saturated heterocycles. The van der Waals surface area contributed by atoms with Gasteiger partial charge in [-0.2, -0.15) is 5.10 Å². The number of allylic oxidation sites excluding steroid dienone is 1. The van der Waals surface area contributed by atoms with Crippen molar-refractivity contribution in [3.63, 3.8) is 0 Å². The molecule has 2 bridgehead atoms. The molecule has 1 aliphatic carbocycles. The molecule has 2 aliphatic heterocycles. The molecule has 3 heterocycles. The maximum Gasteiger partial charge on any atom is 0.286 e. The zero-order valence-corrected chi connectivity index (χ0v) is 32.3. The highest BCUT2D eigenvalue weighted by Gasteiger charge is 2.42. The summed E-state index contributed by atoms with van der Waals surface area (Å²) in [5.74, 6) is -0.171. The van der Waals surface area contributed by atoms with Gasteiger partial charge in [-0.1, -0.05) is 57.5 Å². The summed E-state index contributed by atoms with van der Waals surface area (Å²) in [5.41, 5.74) is 3.55. The second-order valence-electron chi connectivity index (χ2n) is 13.7. The number of anilines is 1. The first-order valence-electron chi connectivity index (χ1n) is 18.2. The van der Waals surface area contributed by atoms with E-state index in [0.29, 0.717) is 44.8 Å². The smallest absolute Gasteiger partial charge is 0.286 e. The molecule has 12 heteroatoms. The van der Waals surface area contributed by atoms with Crippen molar-refractivity contribution in [2.45, 2.75) is 84.8 Å². The number of aromatic nitrogens is 2. The minimum atomic E-state index is -3.48. The van der Waals surface area contributed by atoms with Gasteiger partial charge in [0.25, 0.3) is 11.8 Å². The quantitative estimate of drug-likeness (QED) is 0.274. The first kappa shape index (κ1) is 38.6. The summed E-state index contributed by atoms with van der Waals surface area (Å²) >= 11 is 6.44. The van der Waals surface area contributed by atoms with Gasteiger partial charge in [-0.25, -0.2) is 4.21 Å². The molecule has 0 fully saturated rings. The normalized spacial score (nSPS) is 27.2. The number of hydrogen-bond donors (Lipinski definition) is 1. The summed E-state index contributed by atoms with van der Waals surface area (Å²) in [6, 6.07) is 11.5. The molecule has 10 nitrogen and oxygen atoms in total. The maximum absolute atomic E-state index is 14.3. The van der Waals surface area contributed by atoms with Crippen LogP contribution in [0.1, 0.15) is 92.1 Å². The van der Waals surface area contributed by atoms with Crippen molar-refractivity contribution in [2.75, 3.05) is 37.5 Å². The lowest BCUT2D eigenvalue weighted by atomic mass is 9.70. The predicted octanol–water partition coefficient (Wildman–Crippen LogP) is 7.65. The van der Waals surface area contributed by atoms with Crippen LogP contribution in [0.25, 0.3) is 0 Å². The number of nitrogens with one attached hydrogen (secondary N) is 1. The van der Waals surface area contributed by atoms with E-state index in [0.717, 1.165) is 30.0 Å². The molecule has 1 aromatic heterocycles. The number of aryl methyl sites for hydroxylation is 2. The van der Waals surface area contributed by atoms with Crippen molar-refractivity contribution in [3.8, 4) is 5.75 Å². The summed E-state index contributed by atoms with van der Waals surface area (Å²) < 4.78 is 35.2. The van der Waals surface area contributed by atoms with Crippen LogP contribution in [0.3, 0.4) is 0 Å². The van der Waals surface area contributed by atoms with E-state index in [1.165, 1.54) is 17.3 Å². The number of methoxy groups -OCH3 is 1. The maximum atomic E-state index is 14.3. The van der Waals surface area contributed by atoms with E-state index in [1.54, 1.807) is 30.1 Å². The highest BCUT2D eigenvalue weighted by molar-refractivity contribution is 7.92. The third-order valence-corrected chi connectivity index (χ3v) is 12.3. The average molecular weight is 738 g/mol. The summed E-state index contributed by atoms with van der Waals surface area (Å²) in [5, 5.41) is 4.89. The number of carbonyl (C=O) groups excluding carboxylic acids is 2. The zero-order chi connectivity index (χ0) is 36.8. The number of rotatable bonds is 4. The summed E-state index contributed by atoms with van der Waals surface area (Å²) in [6.07, 6.45) is 10.9. The second kappa shape index (κ2) is 16.8. The number of hydrogen-bond acceptors (Lipinski definition) is 7. The lowest BCUT2D eigenvalue weighted by Crippen LogP contribution is -2.47. The molecule has 0 radical (unpaired) electrons. The topological polar surface area (TPSA) is 115 Å². The molecule has 1 N–H and O–H groups in total.